The lowest BCUT2D eigenvalue weighted by molar-refractivity contribution is 0.105. The van der Waals surface area contributed by atoms with E-state index in [1.54, 1.807) is 0 Å². The average Bonchev–Trinajstić information content (AvgIpc) is 2.52. The monoisotopic (exact) mass is 375 g/mol. The van der Waals surface area contributed by atoms with E-state index in [0.29, 0.717) is 5.92 Å². The number of amides is 1. The molecule has 154 valence electrons. The van der Waals surface area contributed by atoms with Gasteiger partial charge in [0.15, 0.2) is 0 Å². The van der Waals surface area contributed by atoms with Gasteiger partial charge < -0.3 is 10.5 Å². The third-order valence-corrected chi connectivity index (χ3v) is 4.66. The van der Waals surface area contributed by atoms with Gasteiger partial charge in [0.05, 0.1) is 0 Å². The molecule has 2 unspecified atom stereocenters. The van der Waals surface area contributed by atoms with Crippen LogP contribution >= 0.6 is 0 Å². The number of carbonyl (C=O) groups excluding carboxylic acids is 1. The van der Waals surface area contributed by atoms with Crippen LogP contribution in [0.25, 0.3) is 0 Å². The topological polar surface area (TPSA) is 52.3 Å². The molecule has 2 N–H and O–H groups in total. The lowest BCUT2D eigenvalue weighted by Gasteiger charge is -2.19. The van der Waals surface area contributed by atoms with Crippen LogP contribution in [0.5, 0.6) is 0 Å². The quantitative estimate of drug-likeness (QED) is 0.365. The van der Waals surface area contributed by atoms with Gasteiger partial charge in [-0.3, -0.25) is 0 Å². The molecule has 1 amide bonds. The predicted octanol–water partition coefficient (Wildman–Crippen LogP) is 7.25. The maximum Gasteiger partial charge on any atom is 0.404 e. The van der Waals surface area contributed by atoms with E-state index in [2.05, 4.69) is 65.8 Å². The van der Waals surface area contributed by atoms with Crippen LogP contribution in [0.15, 0.2) is 46.6 Å². The molecule has 0 rings (SSSR count). The molecular formula is C24H41NO2. The number of carbonyl (C=O) groups is 1. The smallest absolute Gasteiger partial charge is 0.404 e. The molecule has 0 aromatic carbocycles. The fourth-order valence-electron chi connectivity index (χ4n) is 3.19. The van der Waals surface area contributed by atoms with Gasteiger partial charge in [0, 0.05) is 0 Å². The highest BCUT2D eigenvalue weighted by Crippen LogP contribution is 2.22. The van der Waals surface area contributed by atoms with Crippen LogP contribution in [-0.4, -0.2) is 12.2 Å². The minimum atomic E-state index is -0.697. The van der Waals surface area contributed by atoms with Crippen molar-refractivity contribution in [2.45, 2.75) is 93.1 Å². The molecule has 0 aromatic rings. The molecule has 0 aromatic heterocycles. The Morgan fingerprint density at radius 3 is 2.04 bits per heavy atom. The molecule has 27 heavy (non-hydrogen) atoms. The first-order valence-electron chi connectivity index (χ1n) is 10.2. The Hall–Kier alpha value is -1.77. The SMILES string of the molecule is C/C=C(\C)CC/C=C(\C)CC/C=C(\C)CC(C=C(C)C)CC(C)OC(N)=O. The molecule has 3 heteroatoms. The molecule has 2 atom stereocenters. The predicted molar refractivity (Wildman–Crippen MR) is 118 cm³/mol. The van der Waals surface area contributed by atoms with Gasteiger partial charge in [0.1, 0.15) is 6.10 Å². The third-order valence-electron chi connectivity index (χ3n) is 4.66. The second-order valence-corrected chi connectivity index (χ2v) is 8.00. The van der Waals surface area contributed by atoms with E-state index in [-0.39, 0.29) is 6.10 Å². The van der Waals surface area contributed by atoms with Gasteiger partial charge in [-0.25, -0.2) is 4.79 Å². The first kappa shape index (κ1) is 25.2. The fourth-order valence-corrected chi connectivity index (χ4v) is 3.19. The zero-order chi connectivity index (χ0) is 20.8. The average molecular weight is 376 g/mol. The Morgan fingerprint density at radius 1 is 0.963 bits per heavy atom. The maximum atomic E-state index is 10.9. The molecule has 0 aliphatic rings. The highest BCUT2D eigenvalue weighted by atomic mass is 16.6. The van der Waals surface area contributed by atoms with Crippen molar-refractivity contribution < 1.29 is 9.53 Å². The van der Waals surface area contributed by atoms with E-state index < -0.39 is 6.09 Å². The zero-order valence-corrected chi connectivity index (χ0v) is 18.6. The van der Waals surface area contributed by atoms with Gasteiger partial charge >= 0.3 is 6.09 Å². The summed E-state index contributed by atoms with van der Waals surface area (Å²) in [6.45, 7) is 14.8. The van der Waals surface area contributed by atoms with Gasteiger partial charge in [-0.2, -0.15) is 0 Å². The molecule has 0 bridgehead atoms. The molecular weight excluding hydrogens is 334 g/mol. The van der Waals surface area contributed by atoms with Crippen LogP contribution in [-0.2, 0) is 4.74 Å². The normalized spacial score (nSPS) is 15.3. The number of primary amides is 1. The first-order valence-corrected chi connectivity index (χ1v) is 10.2. The van der Waals surface area contributed by atoms with Crippen molar-refractivity contribution in [1.29, 1.82) is 0 Å². The molecule has 0 saturated heterocycles. The largest absolute Gasteiger partial charge is 0.447 e. The summed E-state index contributed by atoms with van der Waals surface area (Å²) >= 11 is 0. The summed E-state index contributed by atoms with van der Waals surface area (Å²) in [7, 11) is 0. The van der Waals surface area contributed by atoms with Gasteiger partial charge in [0.2, 0.25) is 0 Å². The standard InChI is InChI=1S/C24H41NO2/c1-8-19(4)11-9-12-20(5)13-10-14-21(6)16-23(15-18(2)3)17-22(7)27-24(25)26/h8,12,14-15,22-23H,9-11,13,16-17H2,1-7H3,(H2,25,26)/b19-8+,20-12+,21-14+. The van der Waals surface area contributed by atoms with Crippen molar-refractivity contribution in [1.82, 2.24) is 0 Å². The molecule has 0 heterocycles. The Bertz CT molecular complexity index is 563. The number of rotatable bonds is 12. The summed E-state index contributed by atoms with van der Waals surface area (Å²) in [4.78, 5) is 10.9. The van der Waals surface area contributed by atoms with Crippen molar-refractivity contribution in [3.05, 3.63) is 46.6 Å². The van der Waals surface area contributed by atoms with Gasteiger partial charge in [-0.1, -0.05) is 46.6 Å². The summed E-state index contributed by atoms with van der Waals surface area (Å²) in [6, 6.07) is 0. The maximum absolute atomic E-state index is 10.9. The second kappa shape index (κ2) is 14.3. The molecule has 0 spiro atoms. The van der Waals surface area contributed by atoms with E-state index in [4.69, 9.17) is 10.5 Å². The van der Waals surface area contributed by atoms with Gasteiger partial charge in [-0.05, 0) is 92.9 Å². The number of hydrogen-bond donors (Lipinski definition) is 1. The summed E-state index contributed by atoms with van der Waals surface area (Å²) in [6.07, 6.45) is 14.6. The van der Waals surface area contributed by atoms with Crippen LogP contribution in [0.1, 0.15) is 87.0 Å². The Labute approximate surface area is 167 Å². The van der Waals surface area contributed by atoms with Gasteiger partial charge in [0.25, 0.3) is 0 Å². The first-order chi connectivity index (χ1) is 12.6. The van der Waals surface area contributed by atoms with Crippen LogP contribution in [0.3, 0.4) is 0 Å². The molecule has 0 aliphatic carbocycles. The molecule has 0 radical (unpaired) electrons. The Balaban J connectivity index is 4.56. The fraction of sp³-hybridized carbons (Fsp3) is 0.625. The van der Waals surface area contributed by atoms with Crippen LogP contribution in [0.2, 0.25) is 0 Å². The van der Waals surface area contributed by atoms with Crippen LogP contribution < -0.4 is 5.73 Å². The van der Waals surface area contributed by atoms with E-state index in [1.807, 2.05) is 6.92 Å². The van der Waals surface area contributed by atoms with E-state index >= 15 is 0 Å². The van der Waals surface area contributed by atoms with E-state index in [1.165, 1.54) is 22.3 Å². The molecule has 0 saturated carbocycles. The van der Waals surface area contributed by atoms with E-state index in [0.717, 1.165) is 38.5 Å². The van der Waals surface area contributed by atoms with Gasteiger partial charge in [-0.15, -0.1) is 0 Å². The number of ether oxygens (including phenoxy) is 1. The lowest BCUT2D eigenvalue weighted by atomic mass is 9.92. The summed E-state index contributed by atoms with van der Waals surface area (Å²) < 4.78 is 5.10. The summed E-state index contributed by atoms with van der Waals surface area (Å²) in [5, 5.41) is 0. The Morgan fingerprint density at radius 2 is 1.52 bits per heavy atom. The third kappa shape index (κ3) is 15.0. The van der Waals surface area contributed by atoms with Crippen LogP contribution in [0, 0.1) is 5.92 Å². The highest BCUT2D eigenvalue weighted by molar-refractivity contribution is 5.64. The van der Waals surface area contributed by atoms with Crippen molar-refractivity contribution in [3.63, 3.8) is 0 Å². The minimum Gasteiger partial charge on any atom is -0.447 e. The minimum absolute atomic E-state index is 0.165. The highest BCUT2D eigenvalue weighted by Gasteiger charge is 2.14. The Kier molecular flexibility index (Phi) is 13.4. The van der Waals surface area contributed by atoms with Crippen molar-refractivity contribution in [3.8, 4) is 0 Å². The van der Waals surface area contributed by atoms with Crippen molar-refractivity contribution in [2.75, 3.05) is 0 Å². The number of allylic oxidation sites excluding steroid dienone is 8. The molecule has 0 fully saturated rings. The second-order valence-electron chi connectivity index (χ2n) is 8.00. The number of nitrogens with two attached hydrogens (primary N) is 1. The molecule has 0 aliphatic heterocycles. The summed E-state index contributed by atoms with van der Waals surface area (Å²) in [5.41, 5.74) is 10.7. The van der Waals surface area contributed by atoms with Crippen LogP contribution in [0.4, 0.5) is 4.79 Å². The summed E-state index contributed by atoms with van der Waals surface area (Å²) in [5.74, 6) is 0.362. The lowest BCUT2D eigenvalue weighted by Crippen LogP contribution is -2.22. The van der Waals surface area contributed by atoms with E-state index in [9.17, 15) is 4.79 Å². The molecule has 3 nitrogen and oxygen atoms in total. The zero-order valence-electron chi connectivity index (χ0n) is 18.6. The van der Waals surface area contributed by atoms with Crippen molar-refractivity contribution >= 4 is 6.09 Å². The number of hydrogen-bond acceptors (Lipinski definition) is 2. The van der Waals surface area contributed by atoms with Crippen molar-refractivity contribution in [2.24, 2.45) is 11.7 Å².